The van der Waals surface area contributed by atoms with Gasteiger partial charge >= 0.3 is 5.97 Å². The second kappa shape index (κ2) is 7.39. The van der Waals surface area contributed by atoms with Crippen LogP contribution in [0.4, 0.5) is 11.4 Å². The van der Waals surface area contributed by atoms with Crippen molar-refractivity contribution in [1.29, 1.82) is 0 Å². The van der Waals surface area contributed by atoms with Crippen molar-refractivity contribution in [3.63, 3.8) is 0 Å². The van der Waals surface area contributed by atoms with Gasteiger partial charge in [-0.1, -0.05) is 6.07 Å². The largest absolute Gasteiger partial charge is 0.465 e. The Morgan fingerprint density at radius 3 is 2.23 bits per heavy atom. The Hall–Kier alpha value is -3.15. The number of benzene rings is 2. The van der Waals surface area contributed by atoms with Gasteiger partial charge in [-0.25, -0.2) is 4.79 Å². The van der Waals surface area contributed by atoms with E-state index in [0.717, 1.165) is 18.4 Å². The summed E-state index contributed by atoms with van der Waals surface area (Å²) in [5, 5.41) is 5.71. The topological polar surface area (TPSA) is 84.5 Å². The van der Waals surface area contributed by atoms with Gasteiger partial charge in [0.05, 0.1) is 12.7 Å². The molecule has 6 nitrogen and oxygen atoms in total. The number of esters is 1. The first-order chi connectivity index (χ1) is 12.5. The summed E-state index contributed by atoms with van der Waals surface area (Å²) in [5.74, 6) is -0.616. The Morgan fingerprint density at radius 1 is 0.962 bits per heavy atom. The second-order valence-corrected chi connectivity index (χ2v) is 6.32. The number of methoxy groups -OCH3 is 1. The molecular formula is C20H20N2O4. The number of anilines is 2. The Morgan fingerprint density at radius 2 is 1.62 bits per heavy atom. The monoisotopic (exact) mass is 352 g/mol. The highest BCUT2D eigenvalue weighted by atomic mass is 16.5. The van der Waals surface area contributed by atoms with E-state index in [1.165, 1.54) is 7.11 Å². The predicted molar refractivity (Wildman–Crippen MR) is 98.3 cm³/mol. The van der Waals surface area contributed by atoms with Crippen molar-refractivity contribution in [2.45, 2.75) is 19.8 Å². The number of hydrogen-bond acceptors (Lipinski definition) is 4. The van der Waals surface area contributed by atoms with Crippen molar-refractivity contribution in [3.8, 4) is 0 Å². The van der Waals surface area contributed by atoms with Crippen LogP contribution >= 0.6 is 0 Å². The van der Waals surface area contributed by atoms with Crippen LogP contribution in [0.15, 0.2) is 42.5 Å². The Labute approximate surface area is 151 Å². The summed E-state index contributed by atoms with van der Waals surface area (Å²) >= 11 is 0. The molecule has 6 heteroatoms. The molecule has 0 aromatic heterocycles. The molecule has 134 valence electrons. The normalized spacial score (nSPS) is 13.0. The molecule has 1 fully saturated rings. The van der Waals surface area contributed by atoms with E-state index in [1.807, 2.05) is 19.1 Å². The first-order valence-electron chi connectivity index (χ1n) is 8.39. The van der Waals surface area contributed by atoms with Gasteiger partial charge in [0.2, 0.25) is 5.91 Å². The lowest BCUT2D eigenvalue weighted by atomic mass is 10.1. The fraction of sp³-hybridized carbons (Fsp3) is 0.250. The smallest absolute Gasteiger partial charge is 0.337 e. The molecule has 0 bridgehead atoms. The van der Waals surface area contributed by atoms with Gasteiger partial charge in [-0.05, 0) is 61.7 Å². The van der Waals surface area contributed by atoms with Crippen LogP contribution in [0, 0.1) is 12.8 Å². The molecule has 0 spiro atoms. The summed E-state index contributed by atoms with van der Waals surface area (Å²) in [4.78, 5) is 35.8. The lowest BCUT2D eigenvalue weighted by molar-refractivity contribution is -0.117. The number of hydrogen-bond donors (Lipinski definition) is 2. The Balaban J connectivity index is 1.71. The van der Waals surface area contributed by atoms with E-state index in [-0.39, 0.29) is 17.7 Å². The number of nitrogens with one attached hydrogen (secondary N) is 2. The molecule has 3 rings (SSSR count). The van der Waals surface area contributed by atoms with E-state index in [1.54, 1.807) is 30.3 Å². The first-order valence-corrected chi connectivity index (χ1v) is 8.39. The molecule has 0 saturated heterocycles. The molecule has 1 aliphatic rings. The van der Waals surface area contributed by atoms with Crippen LogP contribution in [-0.4, -0.2) is 24.9 Å². The van der Waals surface area contributed by atoms with E-state index in [0.29, 0.717) is 22.5 Å². The zero-order valence-corrected chi connectivity index (χ0v) is 14.7. The zero-order valence-electron chi connectivity index (χ0n) is 14.7. The molecule has 0 radical (unpaired) electrons. The highest BCUT2D eigenvalue weighted by Crippen LogP contribution is 2.31. The number of ether oxygens (including phenoxy) is 1. The molecule has 2 amide bonds. The van der Waals surface area contributed by atoms with E-state index < -0.39 is 5.97 Å². The fourth-order valence-corrected chi connectivity index (χ4v) is 2.49. The lowest BCUT2D eigenvalue weighted by Gasteiger charge is -2.12. The van der Waals surface area contributed by atoms with Gasteiger partial charge in [-0.15, -0.1) is 0 Å². The molecule has 2 aromatic carbocycles. The summed E-state index contributed by atoms with van der Waals surface area (Å²) in [6.45, 7) is 1.88. The van der Waals surface area contributed by atoms with Gasteiger partial charge in [0.15, 0.2) is 0 Å². The molecule has 2 N–H and O–H groups in total. The first kappa shape index (κ1) is 17.7. The molecule has 0 heterocycles. The molecule has 0 aliphatic heterocycles. The molecular weight excluding hydrogens is 332 g/mol. The molecule has 1 saturated carbocycles. The molecule has 0 unspecified atom stereocenters. The second-order valence-electron chi connectivity index (χ2n) is 6.32. The number of carbonyl (C=O) groups excluding carboxylic acids is 3. The van der Waals surface area contributed by atoms with Crippen LogP contribution in [0.5, 0.6) is 0 Å². The minimum absolute atomic E-state index is 0.0181. The fourth-order valence-electron chi connectivity index (χ4n) is 2.49. The standard InChI is InChI=1S/C20H20N2O4/c1-12-3-10-16(21-18(23)13-4-5-13)11-17(12)22-19(24)14-6-8-15(9-7-14)20(25)26-2/h3,6-11,13H,4-5H2,1-2H3,(H,21,23)(H,22,24). The number of rotatable bonds is 5. The molecule has 0 atom stereocenters. The summed E-state index contributed by atoms with van der Waals surface area (Å²) < 4.78 is 4.64. The number of amides is 2. The minimum Gasteiger partial charge on any atom is -0.465 e. The van der Waals surface area contributed by atoms with Gasteiger partial charge in [0.1, 0.15) is 0 Å². The highest BCUT2D eigenvalue weighted by Gasteiger charge is 2.29. The van der Waals surface area contributed by atoms with Crippen molar-refractivity contribution in [3.05, 3.63) is 59.2 Å². The molecule has 1 aliphatic carbocycles. The van der Waals surface area contributed by atoms with Gasteiger partial charge in [0, 0.05) is 22.9 Å². The van der Waals surface area contributed by atoms with E-state index in [4.69, 9.17) is 0 Å². The van der Waals surface area contributed by atoms with Crippen LogP contribution in [0.25, 0.3) is 0 Å². The van der Waals surface area contributed by atoms with Gasteiger partial charge in [0.25, 0.3) is 5.91 Å². The van der Waals surface area contributed by atoms with Crippen molar-refractivity contribution >= 4 is 29.2 Å². The van der Waals surface area contributed by atoms with Crippen LogP contribution in [0.1, 0.15) is 39.1 Å². The summed E-state index contributed by atoms with van der Waals surface area (Å²) in [6, 6.07) is 11.6. The van der Waals surface area contributed by atoms with Crippen LogP contribution in [0.3, 0.4) is 0 Å². The van der Waals surface area contributed by atoms with E-state index in [2.05, 4.69) is 15.4 Å². The average molecular weight is 352 g/mol. The van der Waals surface area contributed by atoms with Crippen molar-refractivity contribution < 1.29 is 19.1 Å². The van der Waals surface area contributed by atoms with E-state index >= 15 is 0 Å². The SMILES string of the molecule is COC(=O)c1ccc(C(=O)Nc2cc(NC(=O)C3CC3)ccc2C)cc1. The van der Waals surface area contributed by atoms with Gasteiger partial charge < -0.3 is 15.4 Å². The van der Waals surface area contributed by atoms with Crippen molar-refractivity contribution in [1.82, 2.24) is 0 Å². The summed E-state index contributed by atoms with van der Waals surface area (Å²) in [6.07, 6.45) is 1.87. The maximum absolute atomic E-state index is 12.5. The predicted octanol–water partition coefficient (Wildman–Crippen LogP) is 3.38. The highest BCUT2D eigenvalue weighted by molar-refractivity contribution is 6.05. The molecule has 2 aromatic rings. The van der Waals surface area contributed by atoms with Crippen molar-refractivity contribution in [2.24, 2.45) is 5.92 Å². The van der Waals surface area contributed by atoms with Gasteiger partial charge in [-0.2, -0.15) is 0 Å². The Bertz CT molecular complexity index is 855. The zero-order chi connectivity index (χ0) is 18.7. The third-order valence-electron chi connectivity index (χ3n) is 4.27. The molecule has 26 heavy (non-hydrogen) atoms. The number of carbonyl (C=O) groups is 3. The maximum atomic E-state index is 12.5. The Kier molecular flexibility index (Phi) is 5.02. The minimum atomic E-state index is -0.452. The van der Waals surface area contributed by atoms with Crippen LogP contribution in [0.2, 0.25) is 0 Å². The third-order valence-corrected chi connectivity index (χ3v) is 4.27. The average Bonchev–Trinajstić information content (AvgIpc) is 3.49. The maximum Gasteiger partial charge on any atom is 0.337 e. The lowest BCUT2D eigenvalue weighted by Crippen LogP contribution is -2.15. The number of aryl methyl sites for hydroxylation is 1. The van der Waals surface area contributed by atoms with Crippen LogP contribution in [-0.2, 0) is 9.53 Å². The van der Waals surface area contributed by atoms with Crippen molar-refractivity contribution in [2.75, 3.05) is 17.7 Å². The third kappa shape index (κ3) is 4.08. The summed E-state index contributed by atoms with van der Waals surface area (Å²) in [7, 11) is 1.31. The van der Waals surface area contributed by atoms with E-state index in [9.17, 15) is 14.4 Å². The van der Waals surface area contributed by atoms with Crippen LogP contribution < -0.4 is 10.6 Å². The van der Waals surface area contributed by atoms with Gasteiger partial charge in [-0.3, -0.25) is 9.59 Å². The summed E-state index contributed by atoms with van der Waals surface area (Å²) in [5.41, 5.74) is 2.97. The quantitative estimate of drug-likeness (QED) is 0.808.